The quantitative estimate of drug-likeness (QED) is 0.433. The Kier molecular flexibility index (Phi) is 12.8. The Labute approximate surface area is 208 Å². The molecule has 0 bridgehead atoms. The van der Waals surface area contributed by atoms with E-state index in [4.69, 9.17) is 40.1 Å². The van der Waals surface area contributed by atoms with Crippen molar-refractivity contribution in [1.82, 2.24) is 4.90 Å². The molecule has 3 rings (SSSR count). The van der Waals surface area contributed by atoms with Gasteiger partial charge in [0.25, 0.3) is 0 Å². The topological polar surface area (TPSA) is 44.1 Å². The van der Waals surface area contributed by atoms with E-state index in [2.05, 4.69) is 20.8 Å². The third-order valence-electron chi connectivity index (χ3n) is 5.40. The van der Waals surface area contributed by atoms with Crippen LogP contribution in [0.5, 0.6) is 0 Å². The molecule has 32 heavy (non-hydrogen) atoms. The summed E-state index contributed by atoms with van der Waals surface area (Å²) >= 11 is 17.3. The molecular formula is C26H33Cl3N2O. The number of benzene rings is 2. The molecule has 2 atom stereocenters. The second-order valence-corrected chi connectivity index (χ2v) is 9.42. The van der Waals surface area contributed by atoms with Crippen LogP contribution in [0.3, 0.4) is 0 Å². The molecule has 2 aromatic carbocycles. The Morgan fingerprint density at radius 3 is 2.31 bits per heavy atom. The van der Waals surface area contributed by atoms with Gasteiger partial charge in [-0.3, -0.25) is 4.79 Å². The van der Waals surface area contributed by atoms with Crippen LogP contribution in [0.2, 0.25) is 15.1 Å². The third-order valence-corrected chi connectivity index (χ3v) is 6.32. The van der Waals surface area contributed by atoms with Crippen molar-refractivity contribution in [2.24, 2.45) is 11.8 Å². The molecule has 0 N–H and O–H groups in total. The van der Waals surface area contributed by atoms with Crippen molar-refractivity contribution in [2.75, 3.05) is 13.1 Å². The van der Waals surface area contributed by atoms with Gasteiger partial charge in [-0.05, 0) is 73.6 Å². The zero-order chi connectivity index (χ0) is 24.3. The van der Waals surface area contributed by atoms with Gasteiger partial charge >= 0.3 is 0 Å². The molecular weight excluding hydrogens is 463 g/mol. The van der Waals surface area contributed by atoms with E-state index in [1.807, 2.05) is 43.0 Å². The summed E-state index contributed by atoms with van der Waals surface area (Å²) in [5, 5.41) is 10.6. The van der Waals surface area contributed by atoms with Crippen molar-refractivity contribution in [3.05, 3.63) is 68.2 Å². The Hall–Kier alpha value is -1.73. The summed E-state index contributed by atoms with van der Waals surface area (Å²) in [5.74, 6) is 1.27. The molecule has 1 saturated heterocycles. The number of nitriles is 1. The summed E-state index contributed by atoms with van der Waals surface area (Å²) in [6.45, 7) is 12.2. The Bertz CT molecular complexity index is 915. The van der Waals surface area contributed by atoms with Crippen molar-refractivity contribution in [2.45, 2.75) is 53.9 Å². The van der Waals surface area contributed by atoms with Gasteiger partial charge in [-0.15, -0.1) is 0 Å². The summed E-state index contributed by atoms with van der Waals surface area (Å²) in [4.78, 5) is 13.7. The number of halogens is 3. The van der Waals surface area contributed by atoms with Crippen LogP contribution >= 0.6 is 34.8 Å². The maximum atomic E-state index is 11.6. The number of aryl methyl sites for hydroxylation is 2. The van der Waals surface area contributed by atoms with Gasteiger partial charge in [0.1, 0.15) is 6.07 Å². The van der Waals surface area contributed by atoms with Crippen LogP contribution in [-0.4, -0.2) is 23.9 Å². The molecule has 0 aromatic heterocycles. The second kappa shape index (κ2) is 14.4. The number of carbonyl (C=O) groups is 1. The summed E-state index contributed by atoms with van der Waals surface area (Å²) in [7, 11) is 0. The van der Waals surface area contributed by atoms with Gasteiger partial charge in [-0.1, -0.05) is 68.6 Å². The molecule has 6 heteroatoms. The minimum atomic E-state index is 0.218. The van der Waals surface area contributed by atoms with Gasteiger partial charge < -0.3 is 4.90 Å². The zero-order valence-corrected chi connectivity index (χ0v) is 21.9. The molecule has 1 fully saturated rings. The first-order valence-electron chi connectivity index (χ1n) is 11.0. The lowest BCUT2D eigenvalue weighted by Gasteiger charge is -2.19. The molecule has 1 heterocycles. The lowest BCUT2D eigenvalue weighted by molar-refractivity contribution is -0.134. The van der Waals surface area contributed by atoms with Gasteiger partial charge in [0.2, 0.25) is 5.91 Å². The second-order valence-electron chi connectivity index (χ2n) is 8.17. The Balaban J connectivity index is 0.000000241. The number of amides is 1. The van der Waals surface area contributed by atoms with Crippen LogP contribution in [0, 0.1) is 30.1 Å². The molecule has 2 unspecified atom stereocenters. The summed E-state index contributed by atoms with van der Waals surface area (Å²) in [5.41, 5.74) is 2.71. The highest BCUT2D eigenvalue weighted by Gasteiger charge is 2.25. The fourth-order valence-electron chi connectivity index (χ4n) is 3.15. The van der Waals surface area contributed by atoms with Crippen LogP contribution < -0.4 is 0 Å². The summed E-state index contributed by atoms with van der Waals surface area (Å²) in [6.07, 6.45) is 3.07. The van der Waals surface area contributed by atoms with E-state index in [9.17, 15) is 4.79 Å². The van der Waals surface area contributed by atoms with Crippen molar-refractivity contribution in [3.8, 4) is 6.07 Å². The molecule has 0 aliphatic carbocycles. The lowest BCUT2D eigenvalue weighted by atomic mass is 10.1. The number of hydrogen-bond donors (Lipinski definition) is 0. The molecule has 3 nitrogen and oxygen atoms in total. The molecule has 1 aliphatic rings. The summed E-state index contributed by atoms with van der Waals surface area (Å²) in [6, 6.07) is 12.9. The van der Waals surface area contributed by atoms with Gasteiger partial charge in [0.05, 0.1) is 10.6 Å². The van der Waals surface area contributed by atoms with E-state index < -0.39 is 0 Å². The molecule has 0 radical (unpaired) electrons. The number of carbonyl (C=O) groups excluding carboxylic acids is 1. The highest BCUT2D eigenvalue weighted by molar-refractivity contribution is 6.33. The molecule has 0 saturated carbocycles. The van der Waals surface area contributed by atoms with Gasteiger partial charge in [0.15, 0.2) is 0 Å². The van der Waals surface area contributed by atoms with Crippen molar-refractivity contribution < 1.29 is 4.79 Å². The fourth-order valence-corrected chi connectivity index (χ4v) is 3.87. The monoisotopic (exact) mass is 494 g/mol. The van der Waals surface area contributed by atoms with Gasteiger partial charge in [0, 0.05) is 29.1 Å². The van der Waals surface area contributed by atoms with Crippen LogP contribution in [-0.2, 0) is 11.2 Å². The zero-order valence-electron chi connectivity index (χ0n) is 19.6. The average Bonchev–Trinajstić information content (AvgIpc) is 3.21. The molecule has 1 aliphatic heterocycles. The van der Waals surface area contributed by atoms with E-state index in [-0.39, 0.29) is 5.92 Å². The van der Waals surface area contributed by atoms with Crippen LogP contribution in [0.4, 0.5) is 0 Å². The predicted molar refractivity (Wildman–Crippen MR) is 137 cm³/mol. The predicted octanol–water partition coefficient (Wildman–Crippen LogP) is 7.98. The number of likely N-dealkylation sites (tertiary alicyclic amines) is 1. The van der Waals surface area contributed by atoms with E-state index in [1.165, 1.54) is 6.42 Å². The standard InChI is InChI=1S/C10H19NO.C8H8Cl2.C8H6ClN/c1-4-9(3)10(12)11-6-5-8(2)7-11;1-2-6-5-7(9)3-4-8(6)10;1-6-2-3-7(5-10)8(9)4-6/h8-9H,4-7H2,1-3H3;3-5H,2H2,1H3;2-4H,1H3. The third kappa shape index (κ3) is 9.41. The number of nitrogens with zero attached hydrogens (tertiary/aromatic N) is 2. The van der Waals surface area contributed by atoms with Crippen molar-refractivity contribution in [1.29, 1.82) is 5.26 Å². The molecule has 0 spiro atoms. The molecule has 1 amide bonds. The van der Waals surface area contributed by atoms with E-state index in [0.717, 1.165) is 47.1 Å². The fraction of sp³-hybridized carbons (Fsp3) is 0.462. The minimum Gasteiger partial charge on any atom is -0.342 e. The lowest BCUT2D eigenvalue weighted by Crippen LogP contribution is -2.32. The van der Waals surface area contributed by atoms with E-state index in [1.54, 1.807) is 18.2 Å². The Morgan fingerprint density at radius 1 is 1.16 bits per heavy atom. The van der Waals surface area contributed by atoms with Gasteiger partial charge in [-0.2, -0.15) is 5.26 Å². The van der Waals surface area contributed by atoms with E-state index in [0.29, 0.717) is 22.4 Å². The maximum absolute atomic E-state index is 11.6. The van der Waals surface area contributed by atoms with Crippen molar-refractivity contribution >= 4 is 40.7 Å². The average molecular weight is 496 g/mol. The number of rotatable bonds is 3. The number of hydrogen-bond acceptors (Lipinski definition) is 2. The first-order valence-corrected chi connectivity index (χ1v) is 12.1. The van der Waals surface area contributed by atoms with Gasteiger partial charge in [-0.25, -0.2) is 0 Å². The maximum Gasteiger partial charge on any atom is 0.225 e. The summed E-state index contributed by atoms with van der Waals surface area (Å²) < 4.78 is 0. The normalized spacial score (nSPS) is 15.6. The van der Waals surface area contributed by atoms with Crippen LogP contribution in [0.1, 0.15) is 57.2 Å². The van der Waals surface area contributed by atoms with Crippen LogP contribution in [0.15, 0.2) is 36.4 Å². The van der Waals surface area contributed by atoms with E-state index >= 15 is 0 Å². The minimum absolute atomic E-state index is 0.218. The SMILES string of the molecule is CCC(C)C(=O)N1CCC(C)C1.CCc1cc(Cl)ccc1Cl.Cc1ccc(C#N)c(Cl)c1. The highest BCUT2D eigenvalue weighted by Crippen LogP contribution is 2.21. The van der Waals surface area contributed by atoms with Crippen LogP contribution in [0.25, 0.3) is 0 Å². The largest absolute Gasteiger partial charge is 0.342 e. The smallest absolute Gasteiger partial charge is 0.225 e. The molecule has 174 valence electrons. The first-order chi connectivity index (χ1) is 15.1. The first kappa shape index (κ1) is 28.3. The van der Waals surface area contributed by atoms with Crippen molar-refractivity contribution in [3.63, 3.8) is 0 Å². The highest BCUT2D eigenvalue weighted by atomic mass is 35.5. The Morgan fingerprint density at radius 2 is 1.84 bits per heavy atom. The molecule has 2 aromatic rings.